The highest BCUT2D eigenvalue weighted by Gasteiger charge is 2.29. The molecule has 0 spiro atoms. The SMILES string of the molecule is Cn1ncc(NC(=O)c2nc(-c3ccccc3F)sc2N)c1N1CCC(N)C(OC(F)F)CC1. The first-order chi connectivity index (χ1) is 16.2. The molecule has 1 aliphatic rings. The zero-order chi connectivity index (χ0) is 24.4. The number of alkyl halides is 2. The maximum Gasteiger partial charge on any atom is 0.345 e. The molecule has 5 N–H and O–H groups in total. The summed E-state index contributed by atoms with van der Waals surface area (Å²) < 4.78 is 45.8. The van der Waals surface area contributed by atoms with E-state index in [0.717, 1.165) is 11.3 Å². The van der Waals surface area contributed by atoms with Crippen molar-refractivity contribution >= 4 is 33.8 Å². The Kier molecular flexibility index (Phi) is 7.05. The summed E-state index contributed by atoms with van der Waals surface area (Å²) >= 11 is 1.01. The van der Waals surface area contributed by atoms with Gasteiger partial charge in [-0.1, -0.05) is 23.5 Å². The summed E-state index contributed by atoms with van der Waals surface area (Å²) in [5.41, 5.74) is 12.7. The third kappa shape index (κ3) is 5.00. The van der Waals surface area contributed by atoms with Crippen molar-refractivity contribution in [2.45, 2.75) is 31.6 Å². The Morgan fingerprint density at radius 3 is 2.76 bits per heavy atom. The smallest absolute Gasteiger partial charge is 0.345 e. The number of halogens is 3. The summed E-state index contributed by atoms with van der Waals surface area (Å²) in [6.07, 6.45) is 1.41. The van der Waals surface area contributed by atoms with E-state index in [0.29, 0.717) is 36.0 Å². The first kappa shape index (κ1) is 24.0. The van der Waals surface area contributed by atoms with Crippen LogP contribution in [0.2, 0.25) is 0 Å². The van der Waals surface area contributed by atoms with Gasteiger partial charge in [-0.2, -0.15) is 13.9 Å². The first-order valence-electron chi connectivity index (χ1n) is 10.5. The molecule has 0 radical (unpaired) electrons. The number of nitrogens with zero attached hydrogens (tertiary/aromatic N) is 4. The molecule has 182 valence electrons. The number of rotatable bonds is 6. The summed E-state index contributed by atoms with van der Waals surface area (Å²) in [7, 11) is 1.70. The quantitative estimate of drug-likeness (QED) is 0.480. The van der Waals surface area contributed by atoms with Crippen LogP contribution in [0.4, 0.5) is 29.7 Å². The summed E-state index contributed by atoms with van der Waals surface area (Å²) in [6, 6.07) is 5.55. The largest absolute Gasteiger partial charge is 0.389 e. The molecule has 1 fully saturated rings. The number of anilines is 3. The average molecular weight is 496 g/mol. The third-order valence-electron chi connectivity index (χ3n) is 5.60. The van der Waals surface area contributed by atoms with Gasteiger partial charge < -0.3 is 26.4 Å². The lowest BCUT2D eigenvalue weighted by Gasteiger charge is -2.24. The second-order valence-electron chi connectivity index (χ2n) is 7.83. The molecule has 1 saturated heterocycles. The number of thiazole rings is 1. The van der Waals surface area contributed by atoms with Crippen molar-refractivity contribution in [2.75, 3.05) is 29.0 Å². The maximum absolute atomic E-state index is 14.1. The van der Waals surface area contributed by atoms with Crippen LogP contribution in [0.5, 0.6) is 0 Å². The van der Waals surface area contributed by atoms with Crippen LogP contribution in [0.3, 0.4) is 0 Å². The number of aromatic nitrogens is 3. The third-order valence-corrected chi connectivity index (χ3v) is 6.52. The van der Waals surface area contributed by atoms with Gasteiger partial charge in [0.25, 0.3) is 5.91 Å². The lowest BCUT2D eigenvalue weighted by atomic mass is 10.1. The lowest BCUT2D eigenvalue weighted by molar-refractivity contribution is -0.168. The van der Waals surface area contributed by atoms with E-state index in [1.54, 1.807) is 29.9 Å². The van der Waals surface area contributed by atoms with Crippen molar-refractivity contribution in [3.8, 4) is 10.6 Å². The number of nitrogens with two attached hydrogens (primary N) is 2. The van der Waals surface area contributed by atoms with Crippen LogP contribution < -0.4 is 21.7 Å². The topological polar surface area (TPSA) is 124 Å². The maximum atomic E-state index is 14.1. The zero-order valence-electron chi connectivity index (χ0n) is 18.2. The monoisotopic (exact) mass is 495 g/mol. The Balaban J connectivity index is 1.53. The van der Waals surface area contributed by atoms with Crippen molar-refractivity contribution in [2.24, 2.45) is 12.8 Å². The standard InChI is InChI=1S/C21H24F3N7O2S/c1-30-20(31-8-6-13(25)15(7-9-31)33-21(23)24)14(10-27-30)28-18(32)16-17(26)34-19(29-16)11-4-2-3-5-12(11)22/h2-5,10,13,15,21H,6-9,25-26H2,1H3,(H,28,32). The van der Waals surface area contributed by atoms with Crippen LogP contribution in [0.1, 0.15) is 23.3 Å². The molecular formula is C21H24F3N7O2S. The molecule has 9 nitrogen and oxygen atoms in total. The predicted molar refractivity (Wildman–Crippen MR) is 123 cm³/mol. The van der Waals surface area contributed by atoms with E-state index < -0.39 is 30.5 Å². The number of nitrogens with one attached hydrogen (secondary N) is 1. The molecule has 3 heterocycles. The number of aryl methyl sites for hydroxylation is 1. The summed E-state index contributed by atoms with van der Waals surface area (Å²) in [4.78, 5) is 19.1. The van der Waals surface area contributed by atoms with Crippen LogP contribution >= 0.6 is 11.3 Å². The molecule has 0 bridgehead atoms. The van der Waals surface area contributed by atoms with Crippen LogP contribution in [-0.2, 0) is 11.8 Å². The Hall–Kier alpha value is -3.16. The van der Waals surface area contributed by atoms with Gasteiger partial charge >= 0.3 is 6.61 Å². The van der Waals surface area contributed by atoms with E-state index in [2.05, 4.69) is 20.1 Å². The number of hydrogen-bond donors (Lipinski definition) is 3. The molecule has 1 aliphatic heterocycles. The van der Waals surface area contributed by atoms with Gasteiger partial charge in [-0.3, -0.25) is 9.48 Å². The molecule has 2 atom stereocenters. The minimum absolute atomic E-state index is 0.0265. The second kappa shape index (κ2) is 9.99. The number of carbonyl (C=O) groups excluding carboxylic acids is 1. The van der Waals surface area contributed by atoms with Gasteiger partial charge in [-0.15, -0.1) is 0 Å². The van der Waals surface area contributed by atoms with Gasteiger partial charge in [0.1, 0.15) is 21.5 Å². The molecule has 34 heavy (non-hydrogen) atoms. The van der Waals surface area contributed by atoms with E-state index in [1.165, 1.54) is 12.3 Å². The van der Waals surface area contributed by atoms with Gasteiger partial charge in [-0.25, -0.2) is 9.37 Å². The van der Waals surface area contributed by atoms with Crippen molar-refractivity contribution in [3.05, 3.63) is 42.0 Å². The van der Waals surface area contributed by atoms with Gasteiger partial charge in [0.15, 0.2) is 11.5 Å². The van der Waals surface area contributed by atoms with E-state index >= 15 is 0 Å². The highest BCUT2D eigenvalue weighted by molar-refractivity contribution is 7.19. The van der Waals surface area contributed by atoms with Crippen LogP contribution in [0.15, 0.2) is 30.5 Å². The molecule has 3 aromatic rings. The normalized spacial score (nSPS) is 18.8. The molecule has 1 amide bonds. The Labute approximate surface area is 197 Å². The fourth-order valence-corrected chi connectivity index (χ4v) is 4.79. The van der Waals surface area contributed by atoms with E-state index in [-0.39, 0.29) is 22.7 Å². The molecule has 0 aliphatic carbocycles. The van der Waals surface area contributed by atoms with Gasteiger partial charge in [-0.05, 0) is 25.0 Å². The Morgan fingerprint density at radius 2 is 2.03 bits per heavy atom. The molecule has 13 heteroatoms. The van der Waals surface area contributed by atoms with Gasteiger partial charge in [0.05, 0.1) is 12.3 Å². The summed E-state index contributed by atoms with van der Waals surface area (Å²) in [5, 5.41) is 7.42. The first-order valence-corrected chi connectivity index (χ1v) is 11.3. The van der Waals surface area contributed by atoms with Crippen LogP contribution in [0.25, 0.3) is 10.6 Å². The second-order valence-corrected chi connectivity index (χ2v) is 8.87. The number of hydrogen-bond acceptors (Lipinski definition) is 8. The summed E-state index contributed by atoms with van der Waals surface area (Å²) in [6.45, 7) is -2.06. The fraction of sp³-hybridized carbons (Fsp3) is 0.381. The lowest BCUT2D eigenvalue weighted by Crippen LogP contribution is -2.37. The average Bonchev–Trinajstić information content (AvgIpc) is 3.29. The molecule has 1 aromatic carbocycles. The van der Waals surface area contributed by atoms with E-state index in [4.69, 9.17) is 11.5 Å². The van der Waals surface area contributed by atoms with Crippen molar-refractivity contribution < 1.29 is 22.7 Å². The molecule has 0 saturated carbocycles. The highest BCUT2D eigenvalue weighted by atomic mass is 32.1. The molecule has 4 rings (SSSR count). The molecular weight excluding hydrogens is 471 g/mol. The number of ether oxygens (including phenoxy) is 1. The zero-order valence-corrected chi connectivity index (χ0v) is 19.1. The minimum Gasteiger partial charge on any atom is -0.389 e. The number of amides is 1. The van der Waals surface area contributed by atoms with Crippen LogP contribution in [-0.4, -0.2) is 52.5 Å². The molecule has 2 aromatic heterocycles. The van der Waals surface area contributed by atoms with E-state index in [1.807, 2.05) is 4.90 Å². The fourth-order valence-electron chi connectivity index (χ4n) is 3.93. The van der Waals surface area contributed by atoms with Crippen LogP contribution in [0, 0.1) is 5.82 Å². The summed E-state index contributed by atoms with van der Waals surface area (Å²) in [5.74, 6) is -0.455. The predicted octanol–water partition coefficient (Wildman–Crippen LogP) is 3.05. The Morgan fingerprint density at radius 1 is 1.29 bits per heavy atom. The number of carbonyl (C=O) groups is 1. The highest BCUT2D eigenvalue weighted by Crippen LogP contribution is 2.33. The molecule has 2 unspecified atom stereocenters. The minimum atomic E-state index is -2.90. The number of benzene rings is 1. The van der Waals surface area contributed by atoms with E-state index in [9.17, 15) is 18.0 Å². The van der Waals surface area contributed by atoms with Gasteiger partial charge in [0.2, 0.25) is 0 Å². The van der Waals surface area contributed by atoms with Crippen molar-refractivity contribution in [1.29, 1.82) is 0 Å². The van der Waals surface area contributed by atoms with Gasteiger partial charge in [0, 0.05) is 31.7 Å². The number of nitrogen functional groups attached to an aromatic ring is 1. The van der Waals surface area contributed by atoms with Crippen molar-refractivity contribution in [1.82, 2.24) is 14.8 Å². The Bertz CT molecular complexity index is 1170. The van der Waals surface area contributed by atoms with Crippen molar-refractivity contribution in [3.63, 3.8) is 0 Å².